The number of benzene rings is 1. The molecule has 0 saturated carbocycles. The van der Waals surface area contributed by atoms with Gasteiger partial charge in [0, 0.05) is 32.2 Å². The number of aliphatic hydroxyl groups is 1. The van der Waals surface area contributed by atoms with Crippen LogP contribution >= 0.6 is 0 Å². The van der Waals surface area contributed by atoms with Crippen molar-refractivity contribution in [1.29, 1.82) is 0 Å². The van der Waals surface area contributed by atoms with E-state index >= 15 is 0 Å². The fourth-order valence-corrected chi connectivity index (χ4v) is 2.80. The van der Waals surface area contributed by atoms with E-state index in [2.05, 4.69) is 15.5 Å². The fourth-order valence-electron chi connectivity index (χ4n) is 2.80. The van der Waals surface area contributed by atoms with E-state index in [1.807, 2.05) is 6.07 Å². The van der Waals surface area contributed by atoms with Crippen molar-refractivity contribution in [2.45, 2.75) is 12.6 Å². The van der Waals surface area contributed by atoms with Crippen LogP contribution in [0, 0.1) is 0 Å². The van der Waals surface area contributed by atoms with Crippen molar-refractivity contribution in [2.24, 2.45) is 0 Å². The third-order valence-electron chi connectivity index (χ3n) is 4.08. The maximum atomic E-state index is 11.4. The number of ether oxygens (including phenoxy) is 3. The molecule has 1 aromatic carbocycles. The highest BCUT2D eigenvalue weighted by Gasteiger charge is 2.20. The molecule has 3 N–H and O–H groups in total. The van der Waals surface area contributed by atoms with E-state index in [1.165, 1.54) is 0 Å². The SMILES string of the molecule is COc1cc2c(cc1OCC(O)CN1CCOCC1)NC(=O)NC2. The summed E-state index contributed by atoms with van der Waals surface area (Å²) >= 11 is 0. The molecule has 0 aromatic heterocycles. The molecule has 8 nitrogen and oxygen atoms in total. The van der Waals surface area contributed by atoms with Crippen LogP contribution in [-0.4, -0.2) is 68.7 Å². The summed E-state index contributed by atoms with van der Waals surface area (Å²) in [6, 6.07) is 3.31. The van der Waals surface area contributed by atoms with Gasteiger partial charge in [-0.05, 0) is 11.6 Å². The lowest BCUT2D eigenvalue weighted by atomic mass is 10.1. The molecule has 0 bridgehead atoms. The molecule has 24 heavy (non-hydrogen) atoms. The second-order valence-corrected chi connectivity index (χ2v) is 5.85. The number of hydrogen-bond donors (Lipinski definition) is 3. The first-order valence-electron chi connectivity index (χ1n) is 8.02. The number of hydrogen-bond acceptors (Lipinski definition) is 6. The zero-order valence-electron chi connectivity index (χ0n) is 13.7. The molecule has 0 radical (unpaired) electrons. The summed E-state index contributed by atoms with van der Waals surface area (Å²) in [7, 11) is 1.56. The maximum Gasteiger partial charge on any atom is 0.319 e. The minimum absolute atomic E-state index is 0.151. The fraction of sp³-hybridized carbons (Fsp3) is 0.562. The van der Waals surface area contributed by atoms with Crippen molar-refractivity contribution in [2.75, 3.05) is 51.9 Å². The number of morpholine rings is 1. The Bertz CT molecular complexity index is 589. The molecule has 2 amide bonds. The van der Waals surface area contributed by atoms with E-state index in [9.17, 15) is 9.90 Å². The quantitative estimate of drug-likeness (QED) is 0.696. The molecule has 0 aliphatic carbocycles. The van der Waals surface area contributed by atoms with Crippen molar-refractivity contribution in [3.63, 3.8) is 0 Å². The summed E-state index contributed by atoms with van der Waals surface area (Å²) in [4.78, 5) is 13.6. The molecule has 1 unspecified atom stereocenters. The van der Waals surface area contributed by atoms with Gasteiger partial charge < -0.3 is 30.0 Å². The molecule has 2 aliphatic rings. The van der Waals surface area contributed by atoms with Gasteiger partial charge in [-0.2, -0.15) is 0 Å². The number of methoxy groups -OCH3 is 1. The number of carbonyl (C=O) groups is 1. The van der Waals surface area contributed by atoms with Gasteiger partial charge in [-0.25, -0.2) is 4.79 Å². The summed E-state index contributed by atoms with van der Waals surface area (Å²) in [5.41, 5.74) is 1.62. The van der Waals surface area contributed by atoms with E-state index in [0.29, 0.717) is 43.5 Å². The first-order chi connectivity index (χ1) is 11.7. The minimum atomic E-state index is -0.611. The molecule has 0 spiro atoms. The van der Waals surface area contributed by atoms with Crippen molar-refractivity contribution < 1.29 is 24.1 Å². The zero-order valence-corrected chi connectivity index (χ0v) is 13.7. The Kier molecular flexibility index (Phi) is 5.39. The molecular weight excluding hydrogens is 314 g/mol. The Labute approximate surface area is 140 Å². The third kappa shape index (κ3) is 4.08. The van der Waals surface area contributed by atoms with E-state index in [1.54, 1.807) is 13.2 Å². The molecule has 1 aromatic rings. The van der Waals surface area contributed by atoms with Gasteiger partial charge in [0.15, 0.2) is 11.5 Å². The van der Waals surface area contributed by atoms with Crippen LogP contribution in [0.25, 0.3) is 0 Å². The number of amides is 2. The highest BCUT2D eigenvalue weighted by molar-refractivity contribution is 5.92. The number of urea groups is 1. The molecule has 2 aliphatic heterocycles. The van der Waals surface area contributed by atoms with Crippen molar-refractivity contribution in [3.05, 3.63) is 17.7 Å². The average Bonchev–Trinajstić information content (AvgIpc) is 2.60. The number of anilines is 1. The monoisotopic (exact) mass is 337 g/mol. The summed E-state index contributed by atoms with van der Waals surface area (Å²) < 4.78 is 16.4. The minimum Gasteiger partial charge on any atom is -0.493 e. The topological polar surface area (TPSA) is 92.3 Å². The molecule has 3 rings (SSSR count). The molecule has 1 saturated heterocycles. The molecule has 1 fully saturated rings. The van der Waals surface area contributed by atoms with Crippen molar-refractivity contribution in [3.8, 4) is 11.5 Å². The number of aliphatic hydroxyl groups excluding tert-OH is 1. The number of β-amino-alcohol motifs (C(OH)–C–C–N with tert-alkyl or cyclic N) is 1. The summed E-state index contributed by atoms with van der Waals surface area (Å²) in [6.45, 7) is 4.16. The van der Waals surface area contributed by atoms with Crippen LogP contribution in [-0.2, 0) is 11.3 Å². The number of rotatable bonds is 6. The molecule has 2 heterocycles. The third-order valence-corrected chi connectivity index (χ3v) is 4.08. The Morgan fingerprint density at radius 1 is 1.33 bits per heavy atom. The van der Waals surface area contributed by atoms with Crippen LogP contribution in [0.1, 0.15) is 5.56 Å². The van der Waals surface area contributed by atoms with Gasteiger partial charge in [-0.3, -0.25) is 4.90 Å². The van der Waals surface area contributed by atoms with Gasteiger partial charge in [-0.15, -0.1) is 0 Å². The lowest BCUT2D eigenvalue weighted by molar-refractivity contribution is 0.00445. The largest absolute Gasteiger partial charge is 0.493 e. The van der Waals surface area contributed by atoms with Gasteiger partial charge in [0.1, 0.15) is 12.7 Å². The molecular formula is C16H23N3O5. The second-order valence-electron chi connectivity index (χ2n) is 5.85. The predicted molar refractivity (Wildman–Crippen MR) is 87.6 cm³/mol. The average molecular weight is 337 g/mol. The van der Waals surface area contributed by atoms with Crippen LogP contribution in [0.3, 0.4) is 0 Å². The van der Waals surface area contributed by atoms with Crippen molar-refractivity contribution in [1.82, 2.24) is 10.2 Å². The molecule has 132 valence electrons. The number of carbonyl (C=O) groups excluding carboxylic acids is 1. The predicted octanol–water partition coefficient (Wildman–Crippen LogP) is 0.402. The normalized spacial score (nSPS) is 19.0. The van der Waals surface area contributed by atoms with E-state index in [0.717, 1.165) is 18.7 Å². The Hall–Kier alpha value is -2.03. The van der Waals surface area contributed by atoms with Crippen LogP contribution in [0.4, 0.5) is 10.5 Å². The number of nitrogens with one attached hydrogen (secondary N) is 2. The van der Waals surface area contributed by atoms with E-state index in [4.69, 9.17) is 14.2 Å². The van der Waals surface area contributed by atoms with Gasteiger partial charge in [0.25, 0.3) is 0 Å². The summed E-state index contributed by atoms with van der Waals surface area (Å²) in [5, 5.41) is 15.6. The van der Waals surface area contributed by atoms with Gasteiger partial charge in [0.05, 0.1) is 26.0 Å². The Balaban J connectivity index is 1.61. The highest BCUT2D eigenvalue weighted by atomic mass is 16.5. The number of fused-ring (bicyclic) bond motifs is 1. The standard InChI is InChI=1S/C16H23N3O5/c1-22-14-6-11-8-17-16(21)18-13(11)7-15(14)24-10-12(20)9-19-2-4-23-5-3-19/h6-7,12,20H,2-5,8-10H2,1H3,(H2,17,18,21). The Morgan fingerprint density at radius 3 is 2.88 bits per heavy atom. The van der Waals surface area contributed by atoms with Gasteiger partial charge in [-0.1, -0.05) is 0 Å². The molecule has 8 heteroatoms. The van der Waals surface area contributed by atoms with Crippen LogP contribution in [0.15, 0.2) is 12.1 Å². The van der Waals surface area contributed by atoms with Crippen LogP contribution in [0.2, 0.25) is 0 Å². The van der Waals surface area contributed by atoms with E-state index < -0.39 is 6.10 Å². The molecule has 1 atom stereocenters. The first kappa shape index (κ1) is 16.8. The lowest BCUT2D eigenvalue weighted by Crippen LogP contribution is -2.42. The lowest BCUT2D eigenvalue weighted by Gasteiger charge is -2.28. The summed E-state index contributed by atoms with van der Waals surface area (Å²) in [6.07, 6.45) is -0.611. The highest BCUT2D eigenvalue weighted by Crippen LogP contribution is 2.34. The first-order valence-corrected chi connectivity index (χ1v) is 8.02. The second kappa shape index (κ2) is 7.69. The number of nitrogens with zero attached hydrogens (tertiary/aromatic N) is 1. The smallest absolute Gasteiger partial charge is 0.319 e. The van der Waals surface area contributed by atoms with Crippen LogP contribution in [0.5, 0.6) is 11.5 Å². The zero-order chi connectivity index (χ0) is 16.9. The van der Waals surface area contributed by atoms with E-state index in [-0.39, 0.29) is 12.6 Å². The summed E-state index contributed by atoms with van der Waals surface area (Å²) in [5.74, 6) is 1.07. The maximum absolute atomic E-state index is 11.4. The van der Waals surface area contributed by atoms with Crippen LogP contribution < -0.4 is 20.1 Å². The Morgan fingerprint density at radius 2 is 2.12 bits per heavy atom. The van der Waals surface area contributed by atoms with Gasteiger partial charge >= 0.3 is 6.03 Å². The van der Waals surface area contributed by atoms with Crippen molar-refractivity contribution >= 4 is 11.7 Å². The van der Waals surface area contributed by atoms with Gasteiger partial charge in [0.2, 0.25) is 0 Å².